The van der Waals surface area contributed by atoms with E-state index in [0.717, 1.165) is 19.4 Å². The summed E-state index contributed by atoms with van der Waals surface area (Å²) < 4.78 is 0. The molecule has 1 fully saturated rings. The molecule has 0 radical (unpaired) electrons. The molecule has 1 aliphatic heterocycles. The Hall–Kier alpha value is -1.68. The Balaban J connectivity index is 2.33. The Morgan fingerprint density at radius 3 is 2.53 bits per heavy atom. The van der Waals surface area contributed by atoms with Gasteiger partial charge in [-0.3, -0.25) is 9.59 Å². The molecule has 102 valence electrons. The van der Waals surface area contributed by atoms with Gasteiger partial charge in [-0.25, -0.2) is 0 Å². The van der Waals surface area contributed by atoms with Gasteiger partial charge >= 0.3 is 5.97 Å². The second-order valence-electron chi connectivity index (χ2n) is 5.25. The minimum Gasteiger partial charge on any atom is -0.480 e. The Kier molecular flexibility index (Phi) is 4.00. The molecule has 19 heavy (non-hydrogen) atoms. The summed E-state index contributed by atoms with van der Waals surface area (Å²) in [6.07, 6.45) is 1.68. The van der Waals surface area contributed by atoms with Gasteiger partial charge in [0, 0.05) is 5.56 Å². The summed E-state index contributed by atoms with van der Waals surface area (Å²) in [7, 11) is 0. The number of aliphatic carboxylic acids is 1. The molecule has 1 aromatic rings. The number of carbonyl (C=O) groups excluding carboxylic acids is 1. The first-order chi connectivity index (χ1) is 9.06. The predicted molar refractivity (Wildman–Crippen MR) is 72.1 cm³/mol. The lowest BCUT2D eigenvalue weighted by molar-refractivity contribution is -0.148. The molecule has 2 unspecified atom stereocenters. The zero-order chi connectivity index (χ0) is 13.9. The molecule has 1 heterocycles. The van der Waals surface area contributed by atoms with Crippen LogP contribution in [0.15, 0.2) is 30.3 Å². The molecule has 0 aromatic heterocycles. The second-order valence-corrected chi connectivity index (χ2v) is 5.25. The molecule has 1 saturated heterocycles. The molecule has 4 nitrogen and oxygen atoms in total. The quantitative estimate of drug-likeness (QED) is 0.642. The van der Waals surface area contributed by atoms with E-state index in [1.807, 2.05) is 6.07 Å². The average Bonchev–Trinajstić information content (AvgIpc) is 2.47. The fourth-order valence-electron chi connectivity index (χ4n) is 2.69. The maximum Gasteiger partial charge on any atom is 0.317 e. The Morgan fingerprint density at radius 1 is 1.32 bits per heavy atom. The van der Waals surface area contributed by atoms with E-state index in [2.05, 4.69) is 5.32 Å². The number of hydrogen-bond donors (Lipinski definition) is 2. The number of carboxylic acid groups (broad SMARTS) is 1. The largest absolute Gasteiger partial charge is 0.480 e. The van der Waals surface area contributed by atoms with Crippen LogP contribution in [0.25, 0.3) is 0 Å². The summed E-state index contributed by atoms with van der Waals surface area (Å²) in [5.41, 5.74) is -0.882. The van der Waals surface area contributed by atoms with E-state index in [-0.39, 0.29) is 11.7 Å². The van der Waals surface area contributed by atoms with Crippen molar-refractivity contribution in [2.45, 2.75) is 19.8 Å². The van der Waals surface area contributed by atoms with E-state index in [4.69, 9.17) is 0 Å². The average molecular weight is 261 g/mol. The Morgan fingerprint density at radius 2 is 2.00 bits per heavy atom. The summed E-state index contributed by atoms with van der Waals surface area (Å²) >= 11 is 0. The van der Waals surface area contributed by atoms with Gasteiger partial charge in [0.25, 0.3) is 0 Å². The molecule has 1 aliphatic rings. The summed E-state index contributed by atoms with van der Waals surface area (Å²) in [6.45, 7) is 3.04. The summed E-state index contributed by atoms with van der Waals surface area (Å²) in [6, 6.07) is 8.69. The highest BCUT2D eigenvalue weighted by molar-refractivity contribution is 6.12. The molecular weight excluding hydrogens is 242 g/mol. The molecule has 0 saturated carbocycles. The predicted octanol–water partition coefficient (Wildman–Crippen LogP) is 1.96. The molecule has 4 heteroatoms. The summed E-state index contributed by atoms with van der Waals surface area (Å²) in [5, 5.41) is 12.8. The molecule has 0 amide bonds. The molecule has 0 aliphatic carbocycles. The fourth-order valence-corrected chi connectivity index (χ4v) is 2.69. The highest BCUT2D eigenvalue weighted by Gasteiger charge is 2.48. The highest BCUT2D eigenvalue weighted by Crippen LogP contribution is 2.36. The molecule has 0 spiro atoms. The van der Waals surface area contributed by atoms with E-state index in [1.165, 1.54) is 0 Å². The van der Waals surface area contributed by atoms with Crippen molar-refractivity contribution in [3.8, 4) is 0 Å². The van der Waals surface area contributed by atoms with Gasteiger partial charge in [-0.05, 0) is 38.8 Å². The maximum atomic E-state index is 12.6. The Labute approximate surface area is 112 Å². The van der Waals surface area contributed by atoms with E-state index >= 15 is 0 Å². The van der Waals surface area contributed by atoms with Crippen LogP contribution in [0.3, 0.4) is 0 Å². The number of rotatable bonds is 4. The van der Waals surface area contributed by atoms with Crippen molar-refractivity contribution < 1.29 is 14.7 Å². The van der Waals surface area contributed by atoms with E-state index in [9.17, 15) is 14.7 Å². The highest BCUT2D eigenvalue weighted by atomic mass is 16.4. The van der Waals surface area contributed by atoms with Crippen molar-refractivity contribution in [1.82, 2.24) is 5.32 Å². The lowest BCUT2D eigenvalue weighted by atomic mass is 9.69. The van der Waals surface area contributed by atoms with Crippen LogP contribution in [0.2, 0.25) is 0 Å². The van der Waals surface area contributed by atoms with E-state index in [1.54, 1.807) is 31.2 Å². The van der Waals surface area contributed by atoms with Gasteiger partial charge in [0.15, 0.2) is 5.78 Å². The van der Waals surface area contributed by atoms with Crippen molar-refractivity contribution >= 4 is 11.8 Å². The first kappa shape index (κ1) is 13.7. The van der Waals surface area contributed by atoms with Crippen molar-refractivity contribution in [2.24, 2.45) is 11.3 Å². The van der Waals surface area contributed by atoms with E-state index < -0.39 is 11.4 Å². The topological polar surface area (TPSA) is 66.4 Å². The SMILES string of the molecule is CC(C(=O)O)(C(=O)c1ccccc1)C1CCCNC1. The first-order valence-corrected chi connectivity index (χ1v) is 6.60. The van der Waals surface area contributed by atoms with Gasteiger partial charge in [-0.1, -0.05) is 30.3 Å². The third-order valence-electron chi connectivity index (χ3n) is 4.07. The van der Waals surface area contributed by atoms with Crippen LogP contribution in [-0.4, -0.2) is 29.9 Å². The number of carbonyl (C=O) groups is 2. The Bertz CT molecular complexity index is 466. The van der Waals surface area contributed by atoms with Crippen molar-refractivity contribution in [3.05, 3.63) is 35.9 Å². The maximum absolute atomic E-state index is 12.6. The van der Waals surface area contributed by atoms with Crippen LogP contribution in [0, 0.1) is 11.3 Å². The van der Waals surface area contributed by atoms with Crippen molar-refractivity contribution in [2.75, 3.05) is 13.1 Å². The third kappa shape index (κ3) is 2.54. The monoisotopic (exact) mass is 261 g/mol. The van der Waals surface area contributed by atoms with E-state index in [0.29, 0.717) is 12.1 Å². The van der Waals surface area contributed by atoms with Gasteiger partial charge < -0.3 is 10.4 Å². The smallest absolute Gasteiger partial charge is 0.317 e. The number of nitrogens with one attached hydrogen (secondary N) is 1. The van der Waals surface area contributed by atoms with Gasteiger partial charge in [0.2, 0.25) is 0 Å². The van der Waals surface area contributed by atoms with Gasteiger partial charge in [0.05, 0.1) is 0 Å². The summed E-state index contributed by atoms with van der Waals surface area (Å²) in [5.74, 6) is -1.49. The zero-order valence-electron chi connectivity index (χ0n) is 11.1. The van der Waals surface area contributed by atoms with Gasteiger partial charge in [-0.15, -0.1) is 0 Å². The first-order valence-electron chi connectivity index (χ1n) is 6.60. The number of Topliss-reactive ketones (excluding diaryl/α,β-unsaturated/α-hetero) is 1. The number of hydrogen-bond acceptors (Lipinski definition) is 3. The number of carboxylic acids is 1. The third-order valence-corrected chi connectivity index (χ3v) is 4.07. The van der Waals surface area contributed by atoms with Crippen LogP contribution >= 0.6 is 0 Å². The zero-order valence-corrected chi connectivity index (χ0v) is 11.1. The minimum absolute atomic E-state index is 0.161. The van der Waals surface area contributed by atoms with Crippen LogP contribution in [0.1, 0.15) is 30.1 Å². The normalized spacial score (nSPS) is 22.5. The number of piperidine rings is 1. The molecule has 2 rings (SSSR count). The minimum atomic E-state index is -1.35. The van der Waals surface area contributed by atoms with Crippen molar-refractivity contribution in [3.63, 3.8) is 0 Å². The molecular formula is C15H19NO3. The summed E-state index contributed by atoms with van der Waals surface area (Å²) in [4.78, 5) is 24.3. The standard InChI is InChI=1S/C15H19NO3/c1-15(14(18)19,12-8-5-9-16-10-12)13(17)11-6-3-2-4-7-11/h2-4,6-7,12,16H,5,8-10H2,1H3,(H,18,19). The lowest BCUT2D eigenvalue weighted by Gasteiger charge is -2.35. The van der Waals surface area contributed by atoms with Crippen LogP contribution in [-0.2, 0) is 4.79 Å². The molecule has 1 aromatic carbocycles. The van der Waals surface area contributed by atoms with Gasteiger partial charge in [-0.2, -0.15) is 0 Å². The molecule has 2 atom stereocenters. The fraction of sp³-hybridized carbons (Fsp3) is 0.467. The number of ketones is 1. The van der Waals surface area contributed by atoms with Crippen LogP contribution in [0.5, 0.6) is 0 Å². The van der Waals surface area contributed by atoms with Crippen LogP contribution < -0.4 is 5.32 Å². The molecule has 2 N–H and O–H groups in total. The lowest BCUT2D eigenvalue weighted by Crippen LogP contribution is -2.49. The second kappa shape index (κ2) is 5.53. The molecule has 0 bridgehead atoms. The number of benzene rings is 1. The van der Waals surface area contributed by atoms with Gasteiger partial charge in [0.1, 0.15) is 5.41 Å². The van der Waals surface area contributed by atoms with Crippen molar-refractivity contribution in [1.29, 1.82) is 0 Å². The van der Waals surface area contributed by atoms with Crippen LogP contribution in [0.4, 0.5) is 0 Å².